The first-order valence-electron chi connectivity index (χ1n) is 13.0. The van der Waals surface area contributed by atoms with Crippen LogP contribution in [0.5, 0.6) is 11.5 Å². The van der Waals surface area contributed by atoms with Crippen LogP contribution in [-0.2, 0) is 0 Å². The molecule has 4 bridgehead atoms. The number of nitrogens with two attached hydrogens (primary N) is 1. The van der Waals surface area contributed by atoms with Gasteiger partial charge >= 0.3 is 0 Å². The van der Waals surface area contributed by atoms with Crippen LogP contribution in [-0.4, -0.2) is 25.0 Å². The molecule has 4 saturated carbocycles. The van der Waals surface area contributed by atoms with E-state index in [1.807, 2.05) is 24.3 Å². The summed E-state index contributed by atoms with van der Waals surface area (Å²) in [5, 5.41) is 2.92. The number of carbonyl (C=O) groups is 1. The molecule has 0 atom stereocenters. The molecule has 0 spiro atoms. The number of benzene rings is 1. The van der Waals surface area contributed by atoms with Crippen LogP contribution in [0.2, 0.25) is 0 Å². The third-order valence-corrected chi connectivity index (χ3v) is 10.9. The van der Waals surface area contributed by atoms with Gasteiger partial charge in [0.1, 0.15) is 4.83 Å². The molecule has 4 aliphatic rings. The van der Waals surface area contributed by atoms with Crippen molar-refractivity contribution in [2.75, 3.05) is 20.0 Å². The van der Waals surface area contributed by atoms with Gasteiger partial charge in [0.2, 0.25) is 0 Å². The summed E-state index contributed by atoms with van der Waals surface area (Å²) in [7, 11) is 3.28. The molecule has 0 radical (unpaired) electrons. The number of fused-ring (bicyclic) bond motifs is 1. The van der Waals surface area contributed by atoms with Crippen molar-refractivity contribution >= 4 is 44.4 Å². The Kier molecular flexibility index (Phi) is 5.38. The van der Waals surface area contributed by atoms with Crippen LogP contribution in [0.15, 0.2) is 41.8 Å². The average Bonchev–Trinajstić information content (AvgIpc) is 3.55. The Morgan fingerprint density at radius 1 is 1.00 bits per heavy atom. The minimum Gasteiger partial charge on any atom is -0.493 e. The van der Waals surface area contributed by atoms with Crippen molar-refractivity contribution in [1.82, 2.24) is 4.98 Å². The molecule has 4 fully saturated rings. The van der Waals surface area contributed by atoms with Crippen LogP contribution < -0.4 is 15.2 Å². The summed E-state index contributed by atoms with van der Waals surface area (Å²) in [6.07, 6.45) is 7.02. The molecule has 5 nitrogen and oxygen atoms in total. The molecule has 3 aromatic heterocycles. The van der Waals surface area contributed by atoms with E-state index in [1.54, 1.807) is 25.6 Å². The Labute approximate surface area is 224 Å². The van der Waals surface area contributed by atoms with E-state index in [4.69, 9.17) is 20.2 Å². The van der Waals surface area contributed by atoms with Crippen LogP contribution in [0.4, 0.5) is 5.69 Å². The fourth-order valence-electron chi connectivity index (χ4n) is 7.70. The number of anilines is 1. The summed E-state index contributed by atoms with van der Waals surface area (Å²) in [5.74, 6) is 3.71. The number of hydrogen-bond acceptors (Lipinski definition) is 7. The number of nitrogen functional groups attached to an aromatic ring is 1. The molecule has 8 rings (SSSR count). The molecule has 3 heterocycles. The number of hydrogen-bond donors (Lipinski definition) is 1. The minimum atomic E-state index is -0.232. The average molecular weight is 531 g/mol. The zero-order valence-electron chi connectivity index (χ0n) is 21.1. The first kappa shape index (κ1) is 23.2. The molecule has 37 heavy (non-hydrogen) atoms. The van der Waals surface area contributed by atoms with Crippen LogP contribution >= 0.6 is 22.7 Å². The van der Waals surface area contributed by atoms with Gasteiger partial charge < -0.3 is 15.2 Å². The Hall–Kier alpha value is -2.90. The fourth-order valence-corrected chi connectivity index (χ4v) is 9.57. The van der Waals surface area contributed by atoms with Crippen molar-refractivity contribution in [3.63, 3.8) is 0 Å². The van der Waals surface area contributed by atoms with Crippen molar-refractivity contribution in [3.05, 3.63) is 46.7 Å². The third-order valence-electron chi connectivity index (χ3n) is 8.89. The van der Waals surface area contributed by atoms with E-state index in [9.17, 15) is 4.79 Å². The molecule has 1 aromatic carbocycles. The lowest BCUT2D eigenvalue weighted by Gasteiger charge is -2.55. The van der Waals surface area contributed by atoms with Crippen molar-refractivity contribution < 1.29 is 14.3 Å². The van der Waals surface area contributed by atoms with E-state index in [0.29, 0.717) is 39.8 Å². The molecule has 0 amide bonds. The van der Waals surface area contributed by atoms with Gasteiger partial charge in [0.25, 0.3) is 0 Å². The van der Waals surface area contributed by atoms with E-state index < -0.39 is 0 Å². The van der Waals surface area contributed by atoms with Gasteiger partial charge in [0, 0.05) is 10.8 Å². The van der Waals surface area contributed by atoms with Crippen LogP contribution in [0.1, 0.15) is 48.2 Å². The summed E-state index contributed by atoms with van der Waals surface area (Å²) < 4.78 is 11.1. The molecule has 4 aliphatic carbocycles. The number of thiophene rings is 2. The highest BCUT2D eigenvalue weighted by molar-refractivity contribution is 7.21. The summed E-state index contributed by atoms with van der Waals surface area (Å²) in [6.45, 7) is 0. The van der Waals surface area contributed by atoms with Crippen LogP contribution in [0.25, 0.3) is 31.9 Å². The second kappa shape index (κ2) is 8.57. The number of aromatic nitrogens is 1. The van der Waals surface area contributed by atoms with E-state index in [-0.39, 0.29) is 11.2 Å². The molecular formula is C30H30N2O3S2. The lowest BCUT2D eigenvalue weighted by atomic mass is 9.48. The topological polar surface area (TPSA) is 74.4 Å². The van der Waals surface area contributed by atoms with Gasteiger partial charge in [0.05, 0.1) is 35.4 Å². The maximum atomic E-state index is 14.3. The Balaban J connectivity index is 1.40. The van der Waals surface area contributed by atoms with Gasteiger partial charge in [-0.15, -0.1) is 22.7 Å². The second-order valence-corrected chi connectivity index (χ2v) is 13.1. The predicted octanol–water partition coefficient (Wildman–Crippen LogP) is 7.69. The number of ketones is 1. The SMILES string of the molecule is COc1ccc(-c2cc(-c3cccs3)nc3sc(C(=O)C45CC6CC(CC(C6)C4)C5)c(N)c23)cc1OC. The Bertz CT molecular complexity index is 1490. The highest BCUT2D eigenvalue weighted by Gasteiger charge is 2.55. The highest BCUT2D eigenvalue weighted by atomic mass is 32.1. The smallest absolute Gasteiger partial charge is 0.181 e. The molecule has 4 aromatic rings. The van der Waals surface area contributed by atoms with Gasteiger partial charge in [-0.3, -0.25) is 4.79 Å². The van der Waals surface area contributed by atoms with Gasteiger partial charge in [-0.05, 0) is 97.1 Å². The Morgan fingerprint density at radius 2 is 1.70 bits per heavy atom. The number of Topliss-reactive ketones (excluding diaryl/α,β-unsaturated/α-hetero) is 1. The largest absolute Gasteiger partial charge is 0.493 e. The monoisotopic (exact) mass is 530 g/mol. The lowest BCUT2D eigenvalue weighted by Crippen LogP contribution is -2.49. The first-order valence-corrected chi connectivity index (χ1v) is 14.7. The number of pyridine rings is 1. The number of rotatable bonds is 6. The Morgan fingerprint density at radius 3 is 2.32 bits per heavy atom. The van der Waals surface area contributed by atoms with E-state index >= 15 is 0 Å². The van der Waals surface area contributed by atoms with Crippen LogP contribution in [0.3, 0.4) is 0 Å². The molecule has 190 valence electrons. The van der Waals surface area contributed by atoms with Gasteiger partial charge in [-0.25, -0.2) is 4.98 Å². The number of nitrogens with zero attached hydrogens (tertiary/aromatic N) is 1. The fraction of sp³-hybridized carbons (Fsp3) is 0.400. The zero-order chi connectivity index (χ0) is 25.3. The number of ether oxygens (including phenoxy) is 2. The molecule has 0 saturated heterocycles. The summed E-state index contributed by atoms with van der Waals surface area (Å²) in [5.41, 5.74) is 10.1. The van der Waals surface area contributed by atoms with Gasteiger partial charge in [0.15, 0.2) is 17.3 Å². The van der Waals surface area contributed by atoms with Gasteiger partial charge in [-0.2, -0.15) is 0 Å². The first-order chi connectivity index (χ1) is 18.0. The third kappa shape index (κ3) is 3.62. The van der Waals surface area contributed by atoms with Crippen LogP contribution in [0, 0.1) is 23.2 Å². The molecular weight excluding hydrogens is 500 g/mol. The maximum Gasteiger partial charge on any atom is 0.181 e. The van der Waals surface area contributed by atoms with E-state index in [1.165, 1.54) is 30.6 Å². The van der Waals surface area contributed by atoms with Crippen molar-refractivity contribution in [3.8, 4) is 33.2 Å². The number of methoxy groups -OCH3 is 2. The maximum absolute atomic E-state index is 14.3. The summed E-state index contributed by atoms with van der Waals surface area (Å²) >= 11 is 3.14. The molecule has 0 aliphatic heterocycles. The molecule has 7 heteroatoms. The van der Waals surface area contributed by atoms with Crippen molar-refractivity contribution in [2.24, 2.45) is 23.2 Å². The number of carbonyl (C=O) groups excluding carboxylic acids is 1. The van der Waals surface area contributed by atoms with Crippen molar-refractivity contribution in [1.29, 1.82) is 0 Å². The minimum absolute atomic E-state index is 0.232. The lowest BCUT2D eigenvalue weighted by molar-refractivity contribution is -0.0350. The highest BCUT2D eigenvalue weighted by Crippen LogP contribution is 2.61. The summed E-state index contributed by atoms with van der Waals surface area (Å²) in [4.78, 5) is 21.9. The van der Waals surface area contributed by atoms with Crippen molar-refractivity contribution in [2.45, 2.75) is 38.5 Å². The second-order valence-electron chi connectivity index (χ2n) is 11.2. The quantitative estimate of drug-likeness (QED) is 0.259. The zero-order valence-corrected chi connectivity index (χ0v) is 22.7. The van der Waals surface area contributed by atoms with Gasteiger partial charge in [-0.1, -0.05) is 12.1 Å². The predicted molar refractivity (Wildman–Crippen MR) is 151 cm³/mol. The standard InChI is InChI=1S/C30H30N2O3S2/c1-34-22-6-5-19(11-23(22)35-2)20-12-21(24-4-3-7-36-24)32-29-25(20)26(31)27(37-29)28(33)30-13-16-8-17(14-30)10-18(9-16)15-30/h3-7,11-12,16-18H,8-10,13-15,31H2,1-2H3. The van der Waals surface area contributed by atoms with E-state index in [2.05, 4.69) is 17.5 Å². The normalized spacial score (nSPS) is 26.1. The van der Waals surface area contributed by atoms with E-state index in [0.717, 1.165) is 51.2 Å². The summed E-state index contributed by atoms with van der Waals surface area (Å²) in [6, 6.07) is 12.1. The molecule has 0 unspecified atom stereocenters. The molecule has 2 N–H and O–H groups in total.